The number of nitro groups is 1. The Morgan fingerprint density at radius 3 is 2.57 bits per heavy atom. The van der Waals surface area contributed by atoms with E-state index in [1.165, 1.54) is 30.3 Å². The van der Waals surface area contributed by atoms with Crippen LogP contribution in [0, 0.1) is 10.1 Å². The van der Waals surface area contributed by atoms with Gasteiger partial charge in [-0.2, -0.15) is 0 Å². The van der Waals surface area contributed by atoms with Crippen molar-refractivity contribution >= 4 is 15.7 Å². The molecule has 9 heteroatoms. The highest BCUT2D eigenvalue weighted by atomic mass is 32.2. The number of furan rings is 1. The van der Waals surface area contributed by atoms with Crippen molar-refractivity contribution in [2.24, 2.45) is 5.73 Å². The summed E-state index contributed by atoms with van der Waals surface area (Å²) in [5, 5.41) is 10.6. The van der Waals surface area contributed by atoms with Crippen molar-refractivity contribution in [1.82, 2.24) is 4.72 Å². The zero-order valence-electron chi connectivity index (χ0n) is 10.9. The Labute approximate surface area is 120 Å². The fourth-order valence-electron chi connectivity index (χ4n) is 1.69. The minimum absolute atomic E-state index is 0.0830. The number of para-hydroxylation sites is 1. The average Bonchev–Trinajstić information content (AvgIpc) is 2.95. The lowest BCUT2D eigenvalue weighted by Gasteiger charge is -2.05. The van der Waals surface area contributed by atoms with Crippen LogP contribution in [0.3, 0.4) is 0 Å². The summed E-state index contributed by atoms with van der Waals surface area (Å²) in [7, 11) is -3.89. The van der Waals surface area contributed by atoms with Crippen LogP contribution in [0.15, 0.2) is 45.9 Å². The standard InChI is InChI=1S/C12H13N3O5S/c13-7-10-5-6-12(20-10)21(18,19)14-8-9-3-1-2-4-11(9)15(16)17/h1-6,14H,7-8,13H2. The molecule has 0 saturated heterocycles. The van der Waals surface area contributed by atoms with Gasteiger partial charge in [0.25, 0.3) is 15.7 Å². The minimum Gasteiger partial charge on any atom is -0.447 e. The van der Waals surface area contributed by atoms with Crippen molar-refractivity contribution < 1.29 is 17.8 Å². The van der Waals surface area contributed by atoms with Gasteiger partial charge in [0.1, 0.15) is 5.76 Å². The molecule has 0 saturated carbocycles. The Kier molecular flexibility index (Phi) is 4.36. The van der Waals surface area contributed by atoms with Gasteiger partial charge in [0.15, 0.2) is 0 Å². The van der Waals surface area contributed by atoms with E-state index in [1.54, 1.807) is 6.07 Å². The third-order valence-corrected chi connectivity index (χ3v) is 4.02. The van der Waals surface area contributed by atoms with Crippen molar-refractivity contribution in [3.63, 3.8) is 0 Å². The summed E-state index contributed by atoms with van der Waals surface area (Å²) in [6.07, 6.45) is 0. The highest BCUT2D eigenvalue weighted by molar-refractivity contribution is 7.89. The van der Waals surface area contributed by atoms with E-state index in [9.17, 15) is 18.5 Å². The normalized spacial score (nSPS) is 11.5. The number of nitrogens with zero attached hydrogens (tertiary/aromatic N) is 1. The van der Waals surface area contributed by atoms with Crippen molar-refractivity contribution in [3.05, 3.63) is 57.8 Å². The van der Waals surface area contributed by atoms with Gasteiger partial charge in [-0.25, -0.2) is 13.1 Å². The van der Waals surface area contributed by atoms with Gasteiger partial charge in [-0.1, -0.05) is 18.2 Å². The van der Waals surface area contributed by atoms with Crippen molar-refractivity contribution in [2.75, 3.05) is 0 Å². The monoisotopic (exact) mass is 311 g/mol. The van der Waals surface area contributed by atoms with E-state index in [2.05, 4.69) is 4.72 Å². The zero-order valence-corrected chi connectivity index (χ0v) is 11.7. The molecule has 2 rings (SSSR count). The molecule has 0 atom stereocenters. The quantitative estimate of drug-likeness (QED) is 0.607. The predicted molar refractivity (Wildman–Crippen MR) is 73.7 cm³/mol. The molecule has 0 radical (unpaired) electrons. The molecule has 2 aromatic rings. The minimum atomic E-state index is -3.89. The maximum absolute atomic E-state index is 12.0. The lowest BCUT2D eigenvalue weighted by molar-refractivity contribution is -0.385. The Morgan fingerprint density at radius 1 is 1.24 bits per heavy atom. The Balaban J connectivity index is 2.17. The number of nitrogens with one attached hydrogen (secondary N) is 1. The smallest absolute Gasteiger partial charge is 0.274 e. The molecule has 0 unspecified atom stereocenters. The van der Waals surface area contributed by atoms with E-state index >= 15 is 0 Å². The molecule has 21 heavy (non-hydrogen) atoms. The second-order valence-corrected chi connectivity index (χ2v) is 5.83. The number of hydrogen-bond acceptors (Lipinski definition) is 6. The Hall–Kier alpha value is -2.23. The van der Waals surface area contributed by atoms with E-state index in [-0.39, 0.29) is 29.4 Å². The highest BCUT2D eigenvalue weighted by Crippen LogP contribution is 2.19. The molecule has 0 fully saturated rings. The molecule has 0 aliphatic carbocycles. The number of nitro benzene ring substituents is 1. The third kappa shape index (κ3) is 3.45. The first-order valence-corrected chi connectivity index (χ1v) is 7.43. The topological polar surface area (TPSA) is 128 Å². The molecular weight excluding hydrogens is 298 g/mol. The Bertz CT molecular complexity index is 754. The van der Waals surface area contributed by atoms with Gasteiger partial charge in [-0.3, -0.25) is 10.1 Å². The molecule has 0 aliphatic rings. The molecule has 1 aromatic heterocycles. The SMILES string of the molecule is NCc1ccc(S(=O)(=O)NCc2ccccc2[N+](=O)[O-])o1. The molecule has 0 amide bonds. The first-order valence-electron chi connectivity index (χ1n) is 5.95. The summed E-state index contributed by atoms with van der Waals surface area (Å²) in [5.74, 6) is 0.334. The van der Waals surface area contributed by atoms with Gasteiger partial charge in [0, 0.05) is 18.2 Å². The average molecular weight is 311 g/mol. The molecule has 1 heterocycles. The number of nitrogens with two attached hydrogens (primary N) is 1. The zero-order chi connectivity index (χ0) is 15.5. The van der Waals surface area contributed by atoms with E-state index in [0.717, 1.165) is 0 Å². The maximum atomic E-state index is 12.0. The van der Waals surface area contributed by atoms with E-state index in [1.807, 2.05) is 0 Å². The summed E-state index contributed by atoms with van der Waals surface area (Å²) >= 11 is 0. The third-order valence-electron chi connectivity index (χ3n) is 2.74. The first kappa shape index (κ1) is 15.2. The molecule has 1 aromatic carbocycles. The Morgan fingerprint density at radius 2 is 1.95 bits per heavy atom. The predicted octanol–water partition coefficient (Wildman–Crippen LogP) is 1.12. The van der Waals surface area contributed by atoms with Crippen LogP contribution in [-0.4, -0.2) is 13.3 Å². The first-order chi connectivity index (χ1) is 9.94. The molecule has 0 aliphatic heterocycles. The number of benzene rings is 1. The van der Waals surface area contributed by atoms with Crippen LogP contribution in [0.25, 0.3) is 0 Å². The molecular formula is C12H13N3O5S. The molecule has 112 valence electrons. The second kappa shape index (κ2) is 6.04. The van der Waals surface area contributed by atoms with Crippen LogP contribution < -0.4 is 10.5 Å². The number of hydrogen-bond donors (Lipinski definition) is 2. The van der Waals surface area contributed by atoms with Crippen molar-refractivity contribution in [3.8, 4) is 0 Å². The molecule has 0 bridgehead atoms. The molecule has 8 nitrogen and oxygen atoms in total. The van der Waals surface area contributed by atoms with Gasteiger partial charge >= 0.3 is 0 Å². The largest absolute Gasteiger partial charge is 0.447 e. The summed E-state index contributed by atoms with van der Waals surface area (Å²) in [5.41, 5.74) is 5.45. The molecule has 3 N–H and O–H groups in total. The number of rotatable bonds is 6. The van der Waals surface area contributed by atoms with Crippen LogP contribution in [-0.2, 0) is 23.1 Å². The van der Waals surface area contributed by atoms with Gasteiger partial charge in [-0.15, -0.1) is 0 Å². The van der Waals surface area contributed by atoms with Crippen LogP contribution in [0.4, 0.5) is 5.69 Å². The summed E-state index contributed by atoms with van der Waals surface area (Å²) in [6.45, 7) is -0.127. The van der Waals surface area contributed by atoms with Crippen LogP contribution in [0.5, 0.6) is 0 Å². The van der Waals surface area contributed by atoms with Gasteiger partial charge in [0.2, 0.25) is 5.09 Å². The van der Waals surface area contributed by atoms with E-state index in [4.69, 9.17) is 10.2 Å². The van der Waals surface area contributed by atoms with Crippen LogP contribution in [0.2, 0.25) is 0 Å². The van der Waals surface area contributed by atoms with Gasteiger partial charge in [0.05, 0.1) is 11.5 Å². The lowest BCUT2D eigenvalue weighted by atomic mass is 10.2. The molecule has 0 spiro atoms. The summed E-state index contributed by atoms with van der Waals surface area (Å²) < 4.78 is 31.3. The highest BCUT2D eigenvalue weighted by Gasteiger charge is 2.20. The lowest BCUT2D eigenvalue weighted by Crippen LogP contribution is -2.23. The van der Waals surface area contributed by atoms with Crippen molar-refractivity contribution in [2.45, 2.75) is 18.2 Å². The van der Waals surface area contributed by atoms with Gasteiger partial charge in [-0.05, 0) is 12.1 Å². The van der Waals surface area contributed by atoms with Crippen LogP contribution in [0.1, 0.15) is 11.3 Å². The summed E-state index contributed by atoms with van der Waals surface area (Å²) in [6, 6.07) is 8.63. The fourth-order valence-corrected chi connectivity index (χ4v) is 2.65. The second-order valence-electron chi connectivity index (χ2n) is 4.14. The van der Waals surface area contributed by atoms with Gasteiger partial charge < -0.3 is 10.2 Å². The summed E-state index contributed by atoms with van der Waals surface area (Å²) in [4.78, 5) is 10.3. The van der Waals surface area contributed by atoms with Crippen LogP contribution >= 0.6 is 0 Å². The van der Waals surface area contributed by atoms with Crippen molar-refractivity contribution in [1.29, 1.82) is 0 Å². The fraction of sp³-hybridized carbons (Fsp3) is 0.167. The maximum Gasteiger partial charge on any atom is 0.274 e. The van der Waals surface area contributed by atoms with E-state index in [0.29, 0.717) is 5.76 Å². The number of sulfonamides is 1. The van der Waals surface area contributed by atoms with E-state index < -0.39 is 14.9 Å².